The number of nitrogens with one attached hydrogen (secondary N) is 2. The molecule has 0 aliphatic carbocycles. The van der Waals surface area contributed by atoms with E-state index in [4.69, 9.17) is 11.6 Å². The fourth-order valence-corrected chi connectivity index (χ4v) is 1.20. The van der Waals surface area contributed by atoms with Crippen molar-refractivity contribution in [3.05, 3.63) is 11.6 Å². The Hall–Kier alpha value is -0.870. The third-order valence-corrected chi connectivity index (χ3v) is 1.91. The first-order valence-electron chi connectivity index (χ1n) is 4.00. The Morgan fingerprint density at radius 1 is 1.69 bits per heavy atom. The summed E-state index contributed by atoms with van der Waals surface area (Å²) in [6, 6.07) is -0.326. The summed E-state index contributed by atoms with van der Waals surface area (Å²) < 4.78 is 0. The molecular weight excluding hydrogens is 192 g/mol. The van der Waals surface area contributed by atoms with Crippen LogP contribution in [0.3, 0.4) is 0 Å². The number of carbonyl (C=O) groups is 2. The lowest BCUT2D eigenvalue weighted by Crippen LogP contribution is -2.50. The molecule has 2 N–H and O–H groups in total. The second kappa shape index (κ2) is 4.39. The number of hydrogen-bond acceptors (Lipinski definition) is 3. The molecule has 72 valence electrons. The van der Waals surface area contributed by atoms with E-state index in [0.29, 0.717) is 24.4 Å². The zero-order valence-corrected chi connectivity index (χ0v) is 7.86. The molecule has 1 unspecified atom stereocenters. The monoisotopic (exact) mass is 202 g/mol. The second-order valence-electron chi connectivity index (χ2n) is 2.90. The molecule has 0 spiro atoms. The number of halogens is 1. The van der Waals surface area contributed by atoms with Crippen molar-refractivity contribution in [1.29, 1.82) is 0 Å². The van der Waals surface area contributed by atoms with E-state index >= 15 is 0 Å². The Labute approximate surface area is 81.3 Å². The van der Waals surface area contributed by atoms with Crippen LogP contribution in [-0.2, 0) is 9.59 Å². The van der Waals surface area contributed by atoms with Gasteiger partial charge >= 0.3 is 0 Å². The summed E-state index contributed by atoms with van der Waals surface area (Å²) in [6.07, 6.45) is 0.896. The predicted molar refractivity (Wildman–Crippen MR) is 49.2 cm³/mol. The molecule has 13 heavy (non-hydrogen) atoms. The molecule has 0 aromatic rings. The Morgan fingerprint density at radius 2 is 2.38 bits per heavy atom. The van der Waals surface area contributed by atoms with Crippen LogP contribution in [0, 0.1) is 0 Å². The minimum absolute atomic E-state index is 0.215. The molecule has 1 atom stereocenters. The van der Waals surface area contributed by atoms with Crippen molar-refractivity contribution >= 4 is 23.4 Å². The molecule has 0 aromatic heterocycles. The molecular formula is C8H11ClN2O2. The van der Waals surface area contributed by atoms with E-state index in [1.807, 2.05) is 0 Å². The minimum Gasteiger partial charge on any atom is -0.301 e. The lowest BCUT2D eigenvalue weighted by atomic mass is 10.1. The van der Waals surface area contributed by atoms with Gasteiger partial charge in [0.05, 0.1) is 6.04 Å². The number of imide groups is 1. The number of rotatable bonds is 3. The van der Waals surface area contributed by atoms with Crippen LogP contribution in [0.15, 0.2) is 11.6 Å². The van der Waals surface area contributed by atoms with Gasteiger partial charge in [-0.25, -0.2) is 0 Å². The van der Waals surface area contributed by atoms with E-state index in [-0.39, 0.29) is 17.9 Å². The van der Waals surface area contributed by atoms with Crippen LogP contribution in [-0.4, -0.2) is 24.4 Å². The summed E-state index contributed by atoms with van der Waals surface area (Å²) in [5.74, 6) is -0.498. The van der Waals surface area contributed by atoms with Gasteiger partial charge in [-0.1, -0.05) is 18.2 Å². The molecule has 1 rings (SSSR count). The standard InChI is InChI=1S/C8H11ClN2O2/c1-5(9)4-10-6-2-3-7(12)11-8(6)13/h6,10H,1-4H2,(H,11,12,13). The maximum Gasteiger partial charge on any atom is 0.243 e. The zero-order valence-electron chi connectivity index (χ0n) is 7.10. The molecule has 5 heteroatoms. The molecule has 0 saturated carbocycles. The van der Waals surface area contributed by atoms with Crippen LogP contribution in [0.2, 0.25) is 0 Å². The van der Waals surface area contributed by atoms with Gasteiger partial charge in [-0.15, -0.1) is 0 Å². The fourth-order valence-electron chi connectivity index (χ4n) is 1.12. The van der Waals surface area contributed by atoms with Crippen LogP contribution >= 0.6 is 11.6 Å². The Kier molecular flexibility index (Phi) is 3.45. The van der Waals surface area contributed by atoms with Gasteiger partial charge in [-0.2, -0.15) is 0 Å². The molecule has 0 aromatic carbocycles. The van der Waals surface area contributed by atoms with Crippen molar-refractivity contribution in [2.24, 2.45) is 0 Å². The molecule has 1 saturated heterocycles. The molecule has 1 fully saturated rings. The number of hydrogen-bond donors (Lipinski definition) is 2. The van der Waals surface area contributed by atoms with Crippen LogP contribution in [0.25, 0.3) is 0 Å². The van der Waals surface area contributed by atoms with Crippen LogP contribution in [0.1, 0.15) is 12.8 Å². The normalized spacial score (nSPS) is 22.7. The van der Waals surface area contributed by atoms with Crippen LogP contribution in [0.4, 0.5) is 0 Å². The summed E-state index contributed by atoms with van der Waals surface area (Å²) >= 11 is 5.52. The third kappa shape index (κ3) is 3.16. The van der Waals surface area contributed by atoms with E-state index in [1.165, 1.54) is 0 Å². The average molecular weight is 203 g/mol. The minimum atomic E-state index is -0.326. The van der Waals surface area contributed by atoms with Crippen LogP contribution in [0.5, 0.6) is 0 Å². The van der Waals surface area contributed by atoms with Crippen molar-refractivity contribution in [2.75, 3.05) is 6.54 Å². The molecule has 1 aliphatic heterocycles. The topological polar surface area (TPSA) is 58.2 Å². The largest absolute Gasteiger partial charge is 0.301 e. The lowest BCUT2D eigenvalue weighted by molar-refractivity contribution is -0.134. The molecule has 0 bridgehead atoms. The molecule has 0 radical (unpaired) electrons. The number of amides is 2. The first-order chi connectivity index (χ1) is 6.09. The van der Waals surface area contributed by atoms with Gasteiger partial charge in [0.25, 0.3) is 0 Å². The Bertz CT molecular complexity index is 253. The summed E-state index contributed by atoms with van der Waals surface area (Å²) in [6.45, 7) is 3.87. The fraction of sp³-hybridized carbons (Fsp3) is 0.500. The van der Waals surface area contributed by atoms with Crippen molar-refractivity contribution in [3.63, 3.8) is 0 Å². The maximum absolute atomic E-state index is 11.2. The van der Waals surface area contributed by atoms with E-state index in [9.17, 15) is 9.59 Å². The van der Waals surface area contributed by atoms with E-state index < -0.39 is 0 Å². The predicted octanol–water partition coefficient (Wildman–Crippen LogP) is 0.134. The van der Waals surface area contributed by atoms with Gasteiger partial charge in [0.15, 0.2) is 0 Å². The highest BCUT2D eigenvalue weighted by molar-refractivity contribution is 6.29. The van der Waals surface area contributed by atoms with Gasteiger partial charge in [0.1, 0.15) is 0 Å². The number of carbonyl (C=O) groups excluding carboxylic acids is 2. The van der Waals surface area contributed by atoms with Gasteiger partial charge in [-0.05, 0) is 6.42 Å². The smallest absolute Gasteiger partial charge is 0.243 e. The zero-order chi connectivity index (χ0) is 9.84. The van der Waals surface area contributed by atoms with Crippen molar-refractivity contribution in [2.45, 2.75) is 18.9 Å². The maximum atomic E-state index is 11.2. The highest BCUT2D eigenvalue weighted by Crippen LogP contribution is 2.05. The summed E-state index contributed by atoms with van der Waals surface area (Å²) in [4.78, 5) is 21.9. The molecule has 1 aliphatic rings. The first-order valence-corrected chi connectivity index (χ1v) is 4.38. The van der Waals surface area contributed by atoms with Gasteiger partial charge in [0.2, 0.25) is 11.8 Å². The van der Waals surface area contributed by atoms with Crippen LogP contribution < -0.4 is 10.6 Å². The van der Waals surface area contributed by atoms with Crippen molar-refractivity contribution in [1.82, 2.24) is 10.6 Å². The summed E-state index contributed by atoms with van der Waals surface area (Å²) in [7, 11) is 0. The first kappa shape index (κ1) is 10.2. The molecule has 1 heterocycles. The van der Waals surface area contributed by atoms with Gasteiger partial charge < -0.3 is 5.32 Å². The van der Waals surface area contributed by atoms with Gasteiger partial charge in [-0.3, -0.25) is 14.9 Å². The van der Waals surface area contributed by atoms with E-state index in [0.717, 1.165) is 0 Å². The van der Waals surface area contributed by atoms with Crippen molar-refractivity contribution in [3.8, 4) is 0 Å². The average Bonchev–Trinajstić information content (AvgIpc) is 2.02. The van der Waals surface area contributed by atoms with Gasteiger partial charge in [0, 0.05) is 18.0 Å². The van der Waals surface area contributed by atoms with E-state index in [1.54, 1.807) is 0 Å². The summed E-state index contributed by atoms with van der Waals surface area (Å²) in [5, 5.41) is 5.58. The third-order valence-electron chi connectivity index (χ3n) is 1.78. The quantitative estimate of drug-likeness (QED) is 0.640. The highest BCUT2D eigenvalue weighted by atomic mass is 35.5. The SMILES string of the molecule is C=C(Cl)CNC1CCC(=O)NC1=O. The van der Waals surface area contributed by atoms with Crippen molar-refractivity contribution < 1.29 is 9.59 Å². The molecule has 2 amide bonds. The second-order valence-corrected chi connectivity index (χ2v) is 3.44. The Balaban J connectivity index is 2.38. The molecule has 4 nitrogen and oxygen atoms in total. The number of piperidine rings is 1. The highest BCUT2D eigenvalue weighted by Gasteiger charge is 2.25. The lowest BCUT2D eigenvalue weighted by Gasteiger charge is -2.21. The summed E-state index contributed by atoms with van der Waals surface area (Å²) in [5.41, 5.74) is 0. The van der Waals surface area contributed by atoms with E-state index in [2.05, 4.69) is 17.2 Å². The Morgan fingerprint density at radius 3 is 2.92 bits per heavy atom.